The van der Waals surface area contributed by atoms with Crippen LogP contribution in [-0.4, -0.2) is 18.8 Å². The first-order valence-electron chi connectivity index (χ1n) is 6.01. The van der Waals surface area contributed by atoms with E-state index in [4.69, 9.17) is 10.5 Å². The van der Waals surface area contributed by atoms with E-state index in [0.29, 0.717) is 0 Å². The molecule has 0 atom stereocenters. The van der Waals surface area contributed by atoms with Gasteiger partial charge in [0, 0.05) is 17.5 Å². The fraction of sp³-hybridized carbons (Fsp3) is 0.538. The van der Waals surface area contributed by atoms with Crippen LogP contribution in [0.2, 0.25) is 0 Å². The zero-order valence-electron chi connectivity index (χ0n) is 10.3. The summed E-state index contributed by atoms with van der Waals surface area (Å²) in [6, 6.07) is 1.32. The maximum atomic E-state index is 14.1. The monoisotopic (exact) mass is 257 g/mol. The van der Waals surface area contributed by atoms with Gasteiger partial charge in [-0.25, -0.2) is 4.39 Å². The summed E-state index contributed by atoms with van der Waals surface area (Å²) in [4.78, 5) is 0. The first-order chi connectivity index (χ1) is 8.55. The number of hydrogen-bond donors (Lipinski definition) is 2. The number of ether oxygens (including phenoxy) is 1. The van der Waals surface area contributed by atoms with Crippen molar-refractivity contribution >= 4 is 0 Å². The smallest absolute Gasteiger partial charge is 0.209 e. The van der Waals surface area contributed by atoms with Crippen molar-refractivity contribution in [3.05, 3.63) is 23.3 Å². The SMILES string of the molecule is COc1cc(C2(CN)CCCC2)c(F)c(O)c1F. The number of rotatable bonds is 3. The Kier molecular flexibility index (Phi) is 3.43. The van der Waals surface area contributed by atoms with Crippen LogP contribution in [-0.2, 0) is 5.41 Å². The third-order valence-electron chi connectivity index (χ3n) is 3.89. The molecule has 18 heavy (non-hydrogen) atoms. The molecule has 1 aromatic rings. The largest absolute Gasteiger partial charge is 0.503 e. The molecule has 0 heterocycles. The number of phenols is 1. The Morgan fingerprint density at radius 2 is 1.94 bits per heavy atom. The van der Waals surface area contributed by atoms with Gasteiger partial charge in [-0.2, -0.15) is 4.39 Å². The maximum Gasteiger partial charge on any atom is 0.209 e. The van der Waals surface area contributed by atoms with Crippen LogP contribution < -0.4 is 10.5 Å². The molecule has 1 saturated carbocycles. The highest BCUT2D eigenvalue weighted by molar-refractivity contribution is 5.45. The average Bonchev–Trinajstić information content (AvgIpc) is 2.86. The molecule has 1 aromatic carbocycles. The van der Waals surface area contributed by atoms with Gasteiger partial charge < -0.3 is 15.6 Å². The highest BCUT2D eigenvalue weighted by atomic mass is 19.1. The van der Waals surface area contributed by atoms with Gasteiger partial charge >= 0.3 is 0 Å². The third-order valence-corrected chi connectivity index (χ3v) is 3.89. The number of aromatic hydroxyl groups is 1. The molecule has 0 spiro atoms. The Hall–Kier alpha value is -1.36. The van der Waals surface area contributed by atoms with Crippen molar-refractivity contribution in [2.75, 3.05) is 13.7 Å². The van der Waals surface area contributed by atoms with Crippen molar-refractivity contribution in [2.45, 2.75) is 31.1 Å². The van der Waals surface area contributed by atoms with Crippen LogP contribution in [0.5, 0.6) is 11.5 Å². The number of halogens is 2. The highest BCUT2D eigenvalue weighted by Crippen LogP contribution is 2.45. The summed E-state index contributed by atoms with van der Waals surface area (Å²) in [5.74, 6) is -3.11. The Balaban J connectivity index is 2.60. The van der Waals surface area contributed by atoms with Gasteiger partial charge in [0.2, 0.25) is 5.82 Å². The predicted octanol–water partition coefficient (Wildman–Crippen LogP) is 2.45. The summed E-state index contributed by atoms with van der Waals surface area (Å²) in [5, 5.41) is 9.50. The minimum Gasteiger partial charge on any atom is -0.503 e. The third kappa shape index (κ3) is 1.82. The van der Waals surface area contributed by atoms with E-state index in [1.807, 2.05) is 0 Å². The lowest BCUT2D eigenvalue weighted by Gasteiger charge is -2.29. The summed E-state index contributed by atoms with van der Waals surface area (Å²) < 4.78 is 32.4. The van der Waals surface area contributed by atoms with Gasteiger partial charge in [-0.05, 0) is 18.9 Å². The number of phenolic OH excluding ortho intramolecular Hbond substituents is 1. The van der Waals surface area contributed by atoms with E-state index in [-0.39, 0.29) is 17.9 Å². The van der Waals surface area contributed by atoms with Crippen LogP contribution in [0.1, 0.15) is 31.2 Å². The molecule has 3 N–H and O–H groups in total. The Morgan fingerprint density at radius 3 is 2.44 bits per heavy atom. The molecule has 0 saturated heterocycles. The fourth-order valence-corrected chi connectivity index (χ4v) is 2.77. The minimum absolute atomic E-state index is 0.149. The van der Waals surface area contributed by atoms with Gasteiger partial charge in [-0.15, -0.1) is 0 Å². The van der Waals surface area contributed by atoms with Gasteiger partial charge in [-0.1, -0.05) is 12.8 Å². The molecule has 0 unspecified atom stereocenters. The summed E-state index contributed by atoms with van der Waals surface area (Å²) in [6.07, 6.45) is 3.40. The van der Waals surface area contributed by atoms with Crippen molar-refractivity contribution in [3.63, 3.8) is 0 Å². The van der Waals surface area contributed by atoms with Crippen molar-refractivity contribution in [1.82, 2.24) is 0 Å². The number of hydrogen-bond acceptors (Lipinski definition) is 3. The lowest BCUT2D eigenvalue weighted by molar-refractivity contribution is 0.336. The van der Waals surface area contributed by atoms with E-state index >= 15 is 0 Å². The molecule has 0 aromatic heterocycles. The molecule has 5 heteroatoms. The second-order valence-corrected chi connectivity index (χ2v) is 4.79. The van der Waals surface area contributed by atoms with Crippen LogP contribution in [0.3, 0.4) is 0 Å². The number of methoxy groups -OCH3 is 1. The number of nitrogens with two attached hydrogens (primary N) is 1. The van der Waals surface area contributed by atoms with E-state index in [9.17, 15) is 13.9 Å². The topological polar surface area (TPSA) is 55.5 Å². The van der Waals surface area contributed by atoms with Gasteiger partial charge in [0.1, 0.15) is 0 Å². The van der Waals surface area contributed by atoms with Crippen LogP contribution in [0.25, 0.3) is 0 Å². The van der Waals surface area contributed by atoms with Gasteiger partial charge in [0.15, 0.2) is 17.3 Å². The van der Waals surface area contributed by atoms with Crippen molar-refractivity contribution in [3.8, 4) is 11.5 Å². The summed E-state index contributed by atoms with van der Waals surface area (Å²) in [7, 11) is 1.28. The quantitative estimate of drug-likeness (QED) is 0.874. The van der Waals surface area contributed by atoms with Crippen molar-refractivity contribution < 1.29 is 18.6 Å². The first kappa shape index (κ1) is 13.1. The predicted molar refractivity (Wildman–Crippen MR) is 63.8 cm³/mol. The van der Waals surface area contributed by atoms with E-state index in [1.165, 1.54) is 13.2 Å². The van der Waals surface area contributed by atoms with E-state index < -0.39 is 22.8 Å². The Bertz CT molecular complexity index is 457. The Morgan fingerprint density at radius 1 is 1.33 bits per heavy atom. The Labute approximate surface area is 105 Å². The standard InChI is InChI=1S/C13H17F2NO2/c1-18-9-6-8(10(14)12(17)11(9)15)13(7-16)4-2-3-5-13/h6,17H,2-5,7,16H2,1H3. The number of benzene rings is 1. The van der Waals surface area contributed by atoms with E-state index in [0.717, 1.165) is 25.7 Å². The van der Waals surface area contributed by atoms with Crippen LogP contribution in [0.4, 0.5) is 8.78 Å². The van der Waals surface area contributed by atoms with Gasteiger partial charge in [0.05, 0.1) is 7.11 Å². The van der Waals surface area contributed by atoms with Crippen LogP contribution in [0.15, 0.2) is 6.07 Å². The molecule has 0 amide bonds. The molecule has 0 bridgehead atoms. The maximum absolute atomic E-state index is 14.1. The second kappa shape index (κ2) is 4.72. The van der Waals surface area contributed by atoms with Crippen LogP contribution >= 0.6 is 0 Å². The normalized spacial score (nSPS) is 18.0. The zero-order valence-corrected chi connectivity index (χ0v) is 10.3. The van der Waals surface area contributed by atoms with E-state index in [2.05, 4.69) is 0 Å². The molecular formula is C13H17F2NO2. The fourth-order valence-electron chi connectivity index (χ4n) is 2.77. The molecule has 1 fully saturated rings. The van der Waals surface area contributed by atoms with Gasteiger partial charge in [-0.3, -0.25) is 0 Å². The molecule has 1 aliphatic carbocycles. The summed E-state index contributed by atoms with van der Waals surface area (Å²) in [5.41, 5.74) is 5.52. The minimum atomic E-state index is -1.07. The summed E-state index contributed by atoms with van der Waals surface area (Å²) in [6.45, 7) is 0.276. The molecule has 2 rings (SSSR count). The molecule has 1 aliphatic rings. The molecule has 3 nitrogen and oxygen atoms in total. The molecule has 100 valence electrons. The molecule has 0 radical (unpaired) electrons. The lowest BCUT2D eigenvalue weighted by Crippen LogP contribution is -2.33. The first-order valence-corrected chi connectivity index (χ1v) is 6.01. The highest BCUT2D eigenvalue weighted by Gasteiger charge is 2.38. The zero-order chi connectivity index (χ0) is 13.3. The van der Waals surface area contributed by atoms with Crippen molar-refractivity contribution in [1.29, 1.82) is 0 Å². The van der Waals surface area contributed by atoms with Crippen LogP contribution in [0, 0.1) is 11.6 Å². The van der Waals surface area contributed by atoms with Crippen molar-refractivity contribution in [2.24, 2.45) is 5.73 Å². The van der Waals surface area contributed by atoms with E-state index in [1.54, 1.807) is 0 Å². The summed E-state index contributed by atoms with van der Waals surface area (Å²) >= 11 is 0. The second-order valence-electron chi connectivity index (χ2n) is 4.79. The average molecular weight is 257 g/mol. The molecule has 0 aliphatic heterocycles. The molecular weight excluding hydrogens is 240 g/mol. The van der Waals surface area contributed by atoms with Gasteiger partial charge in [0.25, 0.3) is 0 Å². The lowest BCUT2D eigenvalue weighted by atomic mass is 9.78.